The molecule has 1 saturated carbocycles. The Bertz CT molecular complexity index is 1460. The third kappa shape index (κ3) is 5.46. The number of carbonyl (C=O) groups excluding carboxylic acids is 2. The molecule has 1 N–H and O–H groups in total. The molecule has 3 aliphatic heterocycles. The molecule has 4 atom stereocenters. The Balaban J connectivity index is 1.22. The SMILES string of the molecule is O=C(c1ccccc1)N1Cc2cc(Br)ccc2C2(CNCC2C(=O)N2CCC(c3ccccc3)CC2C2CCCCC2)C1. The van der Waals surface area contributed by atoms with Crippen molar-refractivity contribution < 1.29 is 9.59 Å². The summed E-state index contributed by atoms with van der Waals surface area (Å²) in [6.07, 6.45) is 8.36. The van der Waals surface area contributed by atoms with Crippen molar-refractivity contribution in [2.24, 2.45) is 11.8 Å². The molecule has 4 unspecified atom stereocenters. The highest BCUT2D eigenvalue weighted by atomic mass is 79.9. The average molecular weight is 641 g/mol. The van der Waals surface area contributed by atoms with Gasteiger partial charge in [-0.1, -0.05) is 89.8 Å². The van der Waals surface area contributed by atoms with E-state index < -0.39 is 5.41 Å². The molecule has 3 heterocycles. The minimum absolute atomic E-state index is 0.0347. The van der Waals surface area contributed by atoms with Crippen molar-refractivity contribution in [2.75, 3.05) is 26.2 Å². The van der Waals surface area contributed by atoms with Crippen LogP contribution in [0.25, 0.3) is 0 Å². The van der Waals surface area contributed by atoms with Crippen LogP contribution in [0.2, 0.25) is 0 Å². The zero-order valence-corrected chi connectivity index (χ0v) is 26.5. The van der Waals surface area contributed by atoms with Crippen LogP contribution < -0.4 is 5.32 Å². The van der Waals surface area contributed by atoms with E-state index in [1.165, 1.54) is 43.2 Å². The Morgan fingerprint density at radius 3 is 2.40 bits per heavy atom. The van der Waals surface area contributed by atoms with E-state index in [0.29, 0.717) is 43.6 Å². The number of carbonyl (C=O) groups is 2. The number of hydrogen-bond acceptors (Lipinski definition) is 3. The Hall–Kier alpha value is -2.96. The number of fused-ring (bicyclic) bond motifs is 2. The summed E-state index contributed by atoms with van der Waals surface area (Å²) in [7, 11) is 0. The van der Waals surface area contributed by atoms with E-state index in [1.54, 1.807) is 0 Å². The van der Waals surface area contributed by atoms with E-state index in [1.807, 2.05) is 35.2 Å². The number of benzene rings is 3. The average Bonchev–Trinajstić information content (AvgIpc) is 3.48. The molecule has 224 valence electrons. The first-order chi connectivity index (χ1) is 21.0. The maximum Gasteiger partial charge on any atom is 0.254 e. The molecule has 3 aromatic rings. The molecule has 4 aliphatic rings. The van der Waals surface area contributed by atoms with Crippen LogP contribution in [0.5, 0.6) is 0 Å². The van der Waals surface area contributed by atoms with Gasteiger partial charge < -0.3 is 15.1 Å². The molecule has 2 saturated heterocycles. The van der Waals surface area contributed by atoms with E-state index in [9.17, 15) is 9.59 Å². The Morgan fingerprint density at radius 1 is 0.884 bits per heavy atom. The van der Waals surface area contributed by atoms with Gasteiger partial charge in [-0.15, -0.1) is 0 Å². The molecular weight excluding hydrogens is 598 g/mol. The maximum absolute atomic E-state index is 15.0. The Morgan fingerprint density at radius 2 is 1.63 bits per heavy atom. The van der Waals surface area contributed by atoms with Gasteiger partial charge in [0.15, 0.2) is 0 Å². The summed E-state index contributed by atoms with van der Waals surface area (Å²) in [5.74, 6) is 1.18. The quantitative estimate of drug-likeness (QED) is 0.337. The van der Waals surface area contributed by atoms with Crippen LogP contribution in [-0.4, -0.2) is 53.8 Å². The predicted molar refractivity (Wildman–Crippen MR) is 174 cm³/mol. The van der Waals surface area contributed by atoms with Gasteiger partial charge in [-0.05, 0) is 78.5 Å². The molecule has 1 aliphatic carbocycles. The van der Waals surface area contributed by atoms with E-state index in [-0.39, 0.29) is 23.8 Å². The van der Waals surface area contributed by atoms with Crippen molar-refractivity contribution in [1.29, 1.82) is 0 Å². The monoisotopic (exact) mass is 639 g/mol. The molecule has 0 aromatic heterocycles. The fraction of sp³-hybridized carbons (Fsp3) is 0.459. The van der Waals surface area contributed by atoms with E-state index in [2.05, 4.69) is 74.7 Å². The molecule has 0 radical (unpaired) electrons. The van der Waals surface area contributed by atoms with E-state index in [0.717, 1.165) is 29.4 Å². The number of halogens is 1. The summed E-state index contributed by atoms with van der Waals surface area (Å²) in [6, 6.07) is 27.3. The third-order valence-electron chi connectivity index (χ3n) is 10.9. The van der Waals surface area contributed by atoms with Gasteiger partial charge in [-0.3, -0.25) is 9.59 Å². The second-order valence-corrected chi connectivity index (χ2v) is 14.2. The number of amides is 2. The van der Waals surface area contributed by atoms with Crippen molar-refractivity contribution in [3.8, 4) is 0 Å². The van der Waals surface area contributed by atoms with Crippen molar-refractivity contribution in [1.82, 2.24) is 15.1 Å². The highest BCUT2D eigenvalue weighted by Gasteiger charge is 2.54. The van der Waals surface area contributed by atoms with Gasteiger partial charge in [-0.25, -0.2) is 0 Å². The second kappa shape index (κ2) is 12.2. The smallest absolute Gasteiger partial charge is 0.254 e. The topological polar surface area (TPSA) is 52.7 Å². The first-order valence-electron chi connectivity index (χ1n) is 16.2. The number of piperidine rings is 1. The number of hydrogen-bond donors (Lipinski definition) is 1. The lowest BCUT2D eigenvalue weighted by Crippen LogP contribution is -2.58. The zero-order valence-electron chi connectivity index (χ0n) is 24.9. The minimum atomic E-state index is -0.455. The molecule has 3 aromatic carbocycles. The van der Waals surface area contributed by atoms with Gasteiger partial charge in [0.05, 0.1) is 5.92 Å². The normalized spacial score (nSPS) is 27.7. The fourth-order valence-corrected chi connectivity index (χ4v) is 9.18. The summed E-state index contributed by atoms with van der Waals surface area (Å²) in [4.78, 5) is 33.1. The number of nitrogens with zero attached hydrogens (tertiary/aromatic N) is 2. The van der Waals surface area contributed by atoms with Crippen LogP contribution in [-0.2, 0) is 16.8 Å². The summed E-state index contributed by atoms with van der Waals surface area (Å²) in [5.41, 5.74) is 4.02. The number of likely N-dealkylation sites (tertiary alicyclic amines) is 1. The standard InChI is InChI=1S/C37H42BrN3O2/c38-31-16-17-32-30(20-31)23-40(35(42)28-14-8-3-9-15-28)25-37(32)24-39-22-33(37)36(43)41-19-18-29(26-10-4-1-5-11-26)21-34(41)27-12-6-2-7-13-27/h1,3-5,8-11,14-17,20,27,29,33-34,39H,2,6-7,12-13,18-19,21-25H2. The first kappa shape index (κ1) is 28.8. The number of nitrogens with one attached hydrogen (secondary N) is 1. The molecule has 3 fully saturated rings. The third-order valence-corrected chi connectivity index (χ3v) is 11.4. The van der Waals surface area contributed by atoms with Gasteiger partial charge >= 0.3 is 0 Å². The molecule has 1 spiro atoms. The van der Waals surface area contributed by atoms with Crippen LogP contribution in [0, 0.1) is 11.8 Å². The predicted octanol–water partition coefficient (Wildman–Crippen LogP) is 6.92. The Labute approximate surface area is 264 Å². The summed E-state index contributed by atoms with van der Waals surface area (Å²) >= 11 is 3.68. The van der Waals surface area contributed by atoms with Crippen LogP contribution in [0.3, 0.4) is 0 Å². The van der Waals surface area contributed by atoms with Gasteiger partial charge in [0, 0.05) is 54.2 Å². The minimum Gasteiger partial charge on any atom is -0.339 e. The van der Waals surface area contributed by atoms with Gasteiger partial charge in [0.1, 0.15) is 0 Å². The zero-order chi connectivity index (χ0) is 29.4. The van der Waals surface area contributed by atoms with Crippen molar-refractivity contribution in [3.05, 3.63) is 106 Å². The summed E-state index contributed by atoms with van der Waals surface area (Å²) in [5, 5.41) is 3.64. The van der Waals surface area contributed by atoms with Crippen LogP contribution >= 0.6 is 15.9 Å². The first-order valence-corrected chi connectivity index (χ1v) is 17.0. The molecule has 7 rings (SSSR count). The fourth-order valence-electron chi connectivity index (χ4n) is 8.77. The largest absolute Gasteiger partial charge is 0.339 e. The highest BCUT2D eigenvalue weighted by Crippen LogP contribution is 2.46. The molecule has 5 nitrogen and oxygen atoms in total. The van der Waals surface area contributed by atoms with Crippen molar-refractivity contribution in [3.63, 3.8) is 0 Å². The lowest BCUT2D eigenvalue weighted by molar-refractivity contribution is -0.143. The maximum atomic E-state index is 15.0. The van der Waals surface area contributed by atoms with Gasteiger partial charge in [-0.2, -0.15) is 0 Å². The van der Waals surface area contributed by atoms with E-state index in [4.69, 9.17) is 0 Å². The summed E-state index contributed by atoms with van der Waals surface area (Å²) < 4.78 is 1.00. The highest BCUT2D eigenvalue weighted by molar-refractivity contribution is 9.10. The van der Waals surface area contributed by atoms with E-state index >= 15 is 0 Å². The molecule has 6 heteroatoms. The van der Waals surface area contributed by atoms with Gasteiger partial charge in [0.2, 0.25) is 5.91 Å². The molecular formula is C37H42BrN3O2. The van der Waals surface area contributed by atoms with Crippen LogP contribution in [0.1, 0.15) is 77.9 Å². The number of rotatable bonds is 4. The lowest BCUT2D eigenvalue weighted by Gasteiger charge is -2.49. The van der Waals surface area contributed by atoms with Crippen LogP contribution in [0.4, 0.5) is 0 Å². The van der Waals surface area contributed by atoms with Crippen LogP contribution in [0.15, 0.2) is 83.3 Å². The Kier molecular flexibility index (Phi) is 8.17. The van der Waals surface area contributed by atoms with Crippen molar-refractivity contribution in [2.45, 2.75) is 68.9 Å². The molecule has 2 amide bonds. The van der Waals surface area contributed by atoms with Crippen molar-refractivity contribution >= 4 is 27.7 Å². The lowest BCUT2D eigenvalue weighted by atomic mass is 9.67. The molecule has 0 bridgehead atoms. The summed E-state index contributed by atoms with van der Waals surface area (Å²) in [6.45, 7) is 3.26. The molecule has 43 heavy (non-hydrogen) atoms. The second-order valence-electron chi connectivity index (χ2n) is 13.3. The van der Waals surface area contributed by atoms with Gasteiger partial charge in [0.25, 0.3) is 5.91 Å².